The lowest BCUT2D eigenvalue weighted by Crippen LogP contribution is -2.48. The maximum atomic E-state index is 12.6. The largest absolute Gasteiger partial charge is 0.480 e. The van der Waals surface area contributed by atoms with Gasteiger partial charge in [-0.2, -0.15) is 9.82 Å². The third kappa shape index (κ3) is 7.37. The van der Waals surface area contributed by atoms with E-state index in [0.717, 1.165) is 36.5 Å². The van der Waals surface area contributed by atoms with Crippen molar-refractivity contribution < 1.29 is 23.1 Å². The molecule has 1 aliphatic rings. The van der Waals surface area contributed by atoms with Crippen LogP contribution in [0.25, 0.3) is 0 Å². The monoisotopic (exact) mass is 526 g/mol. The fourth-order valence-electron chi connectivity index (χ4n) is 3.98. The fourth-order valence-corrected chi connectivity index (χ4v) is 5.31. The molecule has 0 fully saturated rings. The minimum atomic E-state index is -3.95. The Bertz CT molecular complexity index is 1370. The molecule has 1 aromatic carbocycles. The molecule has 37 heavy (non-hydrogen) atoms. The fraction of sp³-hybridized carbons (Fsp3) is 0.360. The molecule has 196 valence electrons. The van der Waals surface area contributed by atoms with E-state index in [1.54, 1.807) is 35.1 Å². The van der Waals surface area contributed by atoms with Gasteiger partial charge in [-0.25, -0.2) is 13.4 Å². The van der Waals surface area contributed by atoms with Crippen LogP contribution in [-0.2, 0) is 40.0 Å². The Morgan fingerprint density at radius 1 is 1.19 bits per heavy atom. The highest BCUT2D eigenvalue weighted by Crippen LogP contribution is 2.20. The number of nitrogens with zero attached hydrogens (tertiary/aromatic N) is 3. The van der Waals surface area contributed by atoms with E-state index in [1.165, 1.54) is 11.8 Å². The van der Waals surface area contributed by atoms with E-state index in [4.69, 9.17) is 0 Å². The topological polar surface area (TPSA) is 155 Å². The van der Waals surface area contributed by atoms with Crippen molar-refractivity contribution in [1.82, 2.24) is 24.8 Å². The van der Waals surface area contributed by atoms with Crippen molar-refractivity contribution in [3.8, 4) is 0 Å². The van der Waals surface area contributed by atoms with Gasteiger partial charge < -0.3 is 15.7 Å². The van der Waals surface area contributed by atoms with Crippen LogP contribution in [0.5, 0.6) is 0 Å². The number of fused-ring (bicyclic) bond motifs is 1. The number of carboxylic acid groups (broad SMARTS) is 1. The maximum absolute atomic E-state index is 12.6. The van der Waals surface area contributed by atoms with E-state index in [0.29, 0.717) is 18.5 Å². The molecule has 0 radical (unpaired) electrons. The van der Waals surface area contributed by atoms with Gasteiger partial charge in [0.2, 0.25) is 10.0 Å². The van der Waals surface area contributed by atoms with Crippen LogP contribution >= 0.6 is 0 Å². The predicted octanol–water partition coefficient (Wildman–Crippen LogP) is 1.49. The molecule has 11 nitrogen and oxygen atoms in total. The summed E-state index contributed by atoms with van der Waals surface area (Å²) in [5, 5.41) is 19.5. The number of aliphatic carboxylic acids is 1. The lowest BCUT2D eigenvalue weighted by molar-refractivity contribution is -0.138. The number of pyridine rings is 1. The van der Waals surface area contributed by atoms with Crippen LogP contribution in [0.3, 0.4) is 0 Å². The first-order valence-corrected chi connectivity index (χ1v) is 13.7. The average molecular weight is 527 g/mol. The van der Waals surface area contributed by atoms with Crippen LogP contribution in [0.15, 0.2) is 48.8 Å². The molecular weight excluding hydrogens is 496 g/mol. The summed E-state index contributed by atoms with van der Waals surface area (Å²) in [6, 6.07) is 9.46. The van der Waals surface area contributed by atoms with E-state index in [9.17, 15) is 23.1 Å². The molecule has 3 aromatic rings. The Labute approximate surface area is 215 Å². The quantitative estimate of drug-likeness (QED) is 0.293. The van der Waals surface area contributed by atoms with Gasteiger partial charge in [0.05, 0.1) is 17.5 Å². The van der Waals surface area contributed by atoms with Gasteiger partial charge in [-0.15, -0.1) is 0 Å². The van der Waals surface area contributed by atoms with E-state index >= 15 is 0 Å². The van der Waals surface area contributed by atoms with Crippen LogP contribution in [0.4, 0.5) is 5.82 Å². The molecule has 12 heteroatoms. The van der Waals surface area contributed by atoms with Crippen LogP contribution in [0, 0.1) is 6.92 Å². The molecule has 1 amide bonds. The maximum Gasteiger partial charge on any atom is 0.323 e. The molecule has 0 saturated heterocycles. The average Bonchev–Trinajstić information content (AvgIpc) is 3.35. The van der Waals surface area contributed by atoms with Gasteiger partial charge in [-0.1, -0.05) is 35.9 Å². The smallest absolute Gasteiger partial charge is 0.323 e. The number of aromatic nitrogens is 3. The Kier molecular flexibility index (Phi) is 8.19. The predicted molar refractivity (Wildman–Crippen MR) is 138 cm³/mol. The number of sulfonamides is 1. The molecule has 0 bridgehead atoms. The van der Waals surface area contributed by atoms with Crippen LogP contribution in [0.1, 0.15) is 39.2 Å². The zero-order valence-electron chi connectivity index (χ0n) is 20.5. The van der Waals surface area contributed by atoms with Crippen molar-refractivity contribution in [3.63, 3.8) is 0 Å². The zero-order chi connectivity index (χ0) is 26.4. The van der Waals surface area contributed by atoms with Crippen molar-refractivity contribution in [2.75, 3.05) is 18.4 Å². The minimum Gasteiger partial charge on any atom is -0.480 e. The zero-order valence-corrected chi connectivity index (χ0v) is 21.3. The summed E-state index contributed by atoms with van der Waals surface area (Å²) in [7, 11) is -3.95. The molecule has 4 rings (SSSR count). The van der Waals surface area contributed by atoms with Crippen molar-refractivity contribution in [2.24, 2.45) is 0 Å². The Morgan fingerprint density at radius 3 is 2.73 bits per heavy atom. The number of hydrogen-bond donors (Lipinski definition) is 4. The second-order valence-corrected chi connectivity index (χ2v) is 10.8. The highest BCUT2D eigenvalue weighted by atomic mass is 32.2. The Hall–Kier alpha value is -3.77. The normalized spacial score (nSPS) is 13.9. The molecular formula is C25H30N6O5S. The van der Waals surface area contributed by atoms with Crippen LogP contribution in [-0.4, -0.2) is 59.3 Å². The first-order chi connectivity index (χ1) is 17.7. The number of rotatable bonds is 11. The molecule has 0 spiro atoms. The number of carbonyl (C=O) groups excluding carboxylic acids is 1. The summed E-state index contributed by atoms with van der Waals surface area (Å²) in [6.07, 6.45) is 5.68. The number of nitrogens with one attached hydrogen (secondary N) is 3. The number of aryl methyl sites for hydroxylation is 4. The van der Waals surface area contributed by atoms with Gasteiger partial charge in [0.1, 0.15) is 11.9 Å². The molecule has 1 aliphatic heterocycles. The summed E-state index contributed by atoms with van der Waals surface area (Å²) >= 11 is 0. The molecule has 0 saturated carbocycles. The summed E-state index contributed by atoms with van der Waals surface area (Å²) in [6.45, 7) is 2.89. The van der Waals surface area contributed by atoms with Gasteiger partial charge >= 0.3 is 5.97 Å². The summed E-state index contributed by atoms with van der Waals surface area (Å²) in [5.74, 6) is -1.39. The van der Waals surface area contributed by atoms with E-state index in [1.807, 2.05) is 13.0 Å². The number of carboxylic acids is 1. The first-order valence-electron chi connectivity index (χ1n) is 12.0. The SMILES string of the molecule is Cc1ccc(CS(=O)(=O)N[C@@H](CNC(=O)c2cnn(CCc3ccc4c(n3)NCCC4)c2)C(=O)O)cc1. The van der Waals surface area contributed by atoms with Gasteiger partial charge in [0, 0.05) is 37.9 Å². The second kappa shape index (κ2) is 11.5. The number of anilines is 1. The number of carbonyl (C=O) groups is 2. The first kappa shape index (κ1) is 26.3. The van der Waals surface area contributed by atoms with Crippen molar-refractivity contribution >= 4 is 27.7 Å². The lowest BCUT2D eigenvalue weighted by Gasteiger charge is -2.17. The Morgan fingerprint density at radius 2 is 1.97 bits per heavy atom. The Balaban J connectivity index is 1.29. The highest BCUT2D eigenvalue weighted by Gasteiger charge is 2.25. The molecule has 4 N–H and O–H groups in total. The lowest BCUT2D eigenvalue weighted by atomic mass is 10.1. The van der Waals surface area contributed by atoms with Crippen LogP contribution < -0.4 is 15.4 Å². The van der Waals surface area contributed by atoms with Gasteiger partial charge in [0.15, 0.2) is 0 Å². The third-order valence-corrected chi connectivity index (χ3v) is 7.37. The summed E-state index contributed by atoms with van der Waals surface area (Å²) in [4.78, 5) is 28.8. The van der Waals surface area contributed by atoms with Crippen molar-refractivity contribution in [1.29, 1.82) is 0 Å². The van der Waals surface area contributed by atoms with Gasteiger partial charge in [-0.3, -0.25) is 14.3 Å². The van der Waals surface area contributed by atoms with Gasteiger partial charge in [-0.05, 0) is 37.0 Å². The number of benzene rings is 1. The number of hydrogen-bond acceptors (Lipinski definition) is 7. The molecule has 2 aromatic heterocycles. The van der Waals surface area contributed by atoms with E-state index < -0.39 is 34.5 Å². The van der Waals surface area contributed by atoms with E-state index in [-0.39, 0.29) is 11.3 Å². The molecule has 0 unspecified atom stereocenters. The van der Waals surface area contributed by atoms with Crippen molar-refractivity contribution in [3.05, 3.63) is 76.7 Å². The third-order valence-electron chi connectivity index (χ3n) is 6.01. The van der Waals surface area contributed by atoms with E-state index in [2.05, 4.69) is 31.5 Å². The standard InChI is InChI=1S/C25H30N6O5S/c1-17-4-6-18(7-5-17)16-37(35,36)30-22(25(33)34)14-27-24(32)20-13-28-31(15-20)12-10-21-9-8-19-3-2-11-26-23(19)29-21/h4-9,13,15,22,30H,2-3,10-12,14,16H2,1H3,(H,26,29)(H,27,32)(H,33,34)/t22-/m0/s1. The highest BCUT2D eigenvalue weighted by molar-refractivity contribution is 7.88. The second-order valence-electron chi connectivity index (χ2n) is 9.05. The molecule has 1 atom stereocenters. The summed E-state index contributed by atoms with van der Waals surface area (Å²) < 4.78 is 28.7. The van der Waals surface area contributed by atoms with Gasteiger partial charge in [0.25, 0.3) is 5.91 Å². The number of amides is 1. The minimum absolute atomic E-state index is 0.242. The van der Waals surface area contributed by atoms with Crippen molar-refractivity contribution in [2.45, 2.75) is 44.5 Å². The summed E-state index contributed by atoms with van der Waals surface area (Å²) in [5.41, 5.74) is 3.88. The molecule has 0 aliphatic carbocycles. The van der Waals surface area contributed by atoms with Crippen LogP contribution in [0.2, 0.25) is 0 Å². The molecule has 3 heterocycles.